The van der Waals surface area contributed by atoms with Gasteiger partial charge >= 0.3 is 0 Å². The highest BCUT2D eigenvalue weighted by molar-refractivity contribution is 7.90. The van der Waals surface area contributed by atoms with Gasteiger partial charge in [0.2, 0.25) is 20.0 Å². The second-order valence-electron chi connectivity index (χ2n) is 5.10. The van der Waals surface area contributed by atoms with Crippen LogP contribution in [0.4, 0.5) is 0 Å². The van der Waals surface area contributed by atoms with Gasteiger partial charge in [-0.05, 0) is 38.1 Å². The molecule has 0 aliphatic carbocycles. The van der Waals surface area contributed by atoms with Crippen molar-refractivity contribution in [3.63, 3.8) is 0 Å². The Kier molecular flexibility index (Phi) is 5.20. The lowest BCUT2D eigenvalue weighted by Crippen LogP contribution is -2.37. The summed E-state index contributed by atoms with van der Waals surface area (Å²) >= 11 is 0. The monoisotopic (exact) mass is 354 g/mol. The Morgan fingerprint density at radius 2 is 0.957 bits per heavy atom. The Labute approximate surface area is 136 Å². The van der Waals surface area contributed by atoms with Crippen molar-refractivity contribution in [1.29, 1.82) is 0 Å². The lowest BCUT2D eigenvalue weighted by atomic mass is 10.2. The third-order valence-electron chi connectivity index (χ3n) is 3.19. The fraction of sp³-hybridized carbons (Fsp3) is 0.200. The van der Waals surface area contributed by atoms with E-state index in [1.807, 2.05) is 13.8 Å². The molecule has 0 spiro atoms. The van der Waals surface area contributed by atoms with Gasteiger partial charge in [0.05, 0.1) is 16.5 Å². The normalized spacial score (nSPS) is 12.3. The summed E-state index contributed by atoms with van der Waals surface area (Å²) in [7, 11) is -7.53. The first-order valence-electron chi connectivity index (χ1n) is 6.83. The predicted octanol–water partition coefficient (Wildman–Crippen LogP) is 1.52. The van der Waals surface area contributed by atoms with E-state index in [2.05, 4.69) is 9.44 Å². The first-order valence-corrected chi connectivity index (χ1v) is 9.80. The van der Waals surface area contributed by atoms with Crippen LogP contribution in [-0.2, 0) is 20.0 Å². The Balaban J connectivity index is 2.03. The largest absolute Gasteiger partial charge is 0.241 e. The van der Waals surface area contributed by atoms with E-state index in [9.17, 15) is 16.8 Å². The summed E-state index contributed by atoms with van der Waals surface area (Å²) in [5.41, 5.74) is 1.87. The standard InChI is InChI=1S/C15H18N2O4S2/c1-12-3-7-14(8-4-12)22(18,19)16-11-17-23(20,21)15-9-5-13(2)6-10-15/h3-10,16-17H,11H2,1-2H3. The molecule has 0 fully saturated rings. The fourth-order valence-electron chi connectivity index (χ4n) is 1.82. The van der Waals surface area contributed by atoms with Crippen LogP contribution in [0, 0.1) is 13.8 Å². The molecule has 0 heterocycles. The van der Waals surface area contributed by atoms with E-state index < -0.39 is 26.7 Å². The maximum absolute atomic E-state index is 12.1. The zero-order valence-electron chi connectivity index (χ0n) is 12.8. The van der Waals surface area contributed by atoms with E-state index in [4.69, 9.17) is 0 Å². The molecule has 2 rings (SSSR count). The van der Waals surface area contributed by atoms with Gasteiger partial charge in [-0.3, -0.25) is 0 Å². The van der Waals surface area contributed by atoms with Crippen LogP contribution >= 0.6 is 0 Å². The summed E-state index contributed by atoms with van der Waals surface area (Å²) in [6.07, 6.45) is 0. The number of nitrogens with one attached hydrogen (secondary N) is 2. The number of sulfonamides is 2. The molecular weight excluding hydrogens is 336 g/mol. The maximum Gasteiger partial charge on any atom is 0.241 e. The van der Waals surface area contributed by atoms with E-state index >= 15 is 0 Å². The number of hydrogen-bond donors (Lipinski definition) is 2. The summed E-state index contributed by atoms with van der Waals surface area (Å²) in [5.74, 6) is 0. The number of benzene rings is 2. The lowest BCUT2D eigenvalue weighted by Gasteiger charge is -2.09. The van der Waals surface area contributed by atoms with E-state index in [0.717, 1.165) is 11.1 Å². The predicted molar refractivity (Wildman–Crippen MR) is 87.9 cm³/mol. The highest BCUT2D eigenvalue weighted by Crippen LogP contribution is 2.11. The second kappa shape index (κ2) is 6.79. The van der Waals surface area contributed by atoms with Crippen LogP contribution in [0.5, 0.6) is 0 Å². The fourth-order valence-corrected chi connectivity index (χ4v) is 3.76. The summed E-state index contributed by atoms with van der Waals surface area (Å²) < 4.78 is 52.7. The average Bonchev–Trinajstić information content (AvgIpc) is 2.47. The van der Waals surface area contributed by atoms with Crippen LogP contribution in [0.25, 0.3) is 0 Å². The van der Waals surface area contributed by atoms with Crippen molar-refractivity contribution in [2.75, 3.05) is 6.67 Å². The molecule has 2 aromatic rings. The molecule has 0 atom stereocenters. The highest BCUT2D eigenvalue weighted by Gasteiger charge is 2.17. The summed E-state index contributed by atoms with van der Waals surface area (Å²) in [5, 5.41) is 0. The Morgan fingerprint density at radius 1 is 0.652 bits per heavy atom. The van der Waals surface area contributed by atoms with Crippen molar-refractivity contribution < 1.29 is 16.8 Å². The molecule has 124 valence electrons. The first kappa shape index (κ1) is 17.6. The molecule has 0 saturated heterocycles. The molecule has 0 bridgehead atoms. The molecule has 2 aromatic carbocycles. The average molecular weight is 354 g/mol. The van der Waals surface area contributed by atoms with Crippen molar-refractivity contribution in [2.24, 2.45) is 0 Å². The summed E-state index contributed by atoms with van der Waals surface area (Å²) in [6, 6.07) is 12.5. The van der Waals surface area contributed by atoms with Gasteiger partial charge in [0.25, 0.3) is 0 Å². The molecule has 2 N–H and O–H groups in total. The van der Waals surface area contributed by atoms with E-state index in [-0.39, 0.29) is 9.79 Å². The van der Waals surface area contributed by atoms with Gasteiger partial charge in [0.1, 0.15) is 0 Å². The van der Waals surface area contributed by atoms with Crippen molar-refractivity contribution in [2.45, 2.75) is 23.6 Å². The third kappa shape index (κ3) is 4.61. The van der Waals surface area contributed by atoms with E-state index in [0.29, 0.717) is 0 Å². The topological polar surface area (TPSA) is 92.3 Å². The molecule has 23 heavy (non-hydrogen) atoms. The van der Waals surface area contributed by atoms with Crippen LogP contribution in [0.1, 0.15) is 11.1 Å². The van der Waals surface area contributed by atoms with Crippen LogP contribution in [0.2, 0.25) is 0 Å². The molecule has 0 aromatic heterocycles. The number of rotatable bonds is 6. The van der Waals surface area contributed by atoms with E-state index in [1.54, 1.807) is 24.3 Å². The van der Waals surface area contributed by atoms with Crippen LogP contribution in [0.15, 0.2) is 58.3 Å². The van der Waals surface area contributed by atoms with Gasteiger partial charge in [-0.2, -0.15) is 9.44 Å². The zero-order chi connectivity index (χ0) is 17.1. The minimum Gasteiger partial charge on any atom is -0.207 e. The highest BCUT2D eigenvalue weighted by atomic mass is 32.2. The summed E-state index contributed by atoms with van der Waals surface area (Å²) in [6.45, 7) is 3.27. The van der Waals surface area contributed by atoms with Gasteiger partial charge in [0, 0.05) is 0 Å². The molecule has 6 nitrogen and oxygen atoms in total. The minimum atomic E-state index is -3.77. The van der Waals surface area contributed by atoms with Crippen LogP contribution in [0.3, 0.4) is 0 Å². The quantitative estimate of drug-likeness (QED) is 0.769. The van der Waals surface area contributed by atoms with E-state index in [1.165, 1.54) is 24.3 Å². The molecule has 0 aliphatic heterocycles. The van der Waals surface area contributed by atoms with Gasteiger partial charge in [0.15, 0.2) is 0 Å². The second-order valence-corrected chi connectivity index (χ2v) is 8.63. The van der Waals surface area contributed by atoms with Crippen molar-refractivity contribution >= 4 is 20.0 Å². The van der Waals surface area contributed by atoms with Gasteiger partial charge in [-0.25, -0.2) is 16.8 Å². The molecule has 0 amide bonds. The number of aryl methyl sites for hydroxylation is 2. The van der Waals surface area contributed by atoms with Crippen LogP contribution < -0.4 is 9.44 Å². The molecule has 8 heteroatoms. The Morgan fingerprint density at radius 3 is 1.26 bits per heavy atom. The lowest BCUT2D eigenvalue weighted by molar-refractivity contribution is 0.569. The molecule has 0 radical (unpaired) electrons. The number of hydrogen-bond acceptors (Lipinski definition) is 4. The zero-order valence-corrected chi connectivity index (χ0v) is 14.4. The minimum absolute atomic E-state index is 0.0811. The summed E-state index contributed by atoms with van der Waals surface area (Å²) in [4.78, 5) is 0.162. The molecular formula is C15H18N2O4S2. The molecule has 0 unspecified atom stereocenters. The van der Waals surface area contributed by atoms with Crippen molar-refractivity contribution in [1.82, 2.24) is 9.44 Å². The Hall–Kier alpha value is -1.74. The third-order valence-corrected chi connectivity index (χ3v) is 6.02. The van der Waals surface area contributed by atoms with Gasteiger partial charge in [-0.15, -0.1) is 0 Å². The van der Waals surface area contributed by atoms with Crippen LogP contribution in [-0.4, -0.2) is 23.5 Å². The smallest absolute Gasteiger partial charge is 0.207 e. The van der Waals surface area contributed by atoms with Gasteiger partial charge in [-0.1, -0.05) is 35.4 Å². The van der Waals surface area contributed by atoms with Gasteiger partial charge < -0.3 is 0 Å². The van der Waals surface area contributed by atoms with Crippen molar-refractivity contribution in [3.8, 4) is 0 Å². The molecule has 0 saturated carbocycles. The maximum atomic E-state index is 12.1. The molecule has 0 aliphatic rings. The van der Waals surface area contributed by atoms with Crippen molar-refractivity contribution in [3.05, 3.63) is 59.7 Å². The SMILES string of the molecule is Cc1ccc(S(=O)(=O)NCNS(=O)(=O)c2ccc(C)cc2)cc1. The Bertz CT molecular complexity index is 797. The first-order chi connectivity index (χ1) is 10.7.